The molecule has 1 unspecified atom stereocenters. The Kier molecular flexibility index (Phi) is 10.6. The number of nitrogens with zero attached hydrogens (tertiary/aromatic N) is 1. The van der Waals surface area contributed by atoms with Crippen molar-refractivity contribution in [3.63, 3.8) is 0 Å². The Hall–Kier alpha value is -4.71. The van der Waals surface area contributed by atoms with Gasteiger partial charge in [0.05, 0.1) is 5.92 Å². The normalized spacial score (nSPS) is 11.5. The van der Waals surface area contributed by atoms with Crippen LogP contribution in [-0.4, -0.2) is 40.8 Å². The van der Waals surface area contributed by atoms with Crippen molar-refractivity contribution in [2.24, 2.45) is 5.92 Å². The highest BCUT2D eigenvalue weighted by Gasteiger charge is 2.22. The molecule has 0 fully saturated rings. The number of ketones is 1. The van der Waals surface area contributed by atoms with Crippen LogP contribution in [0.25, 0.3) is 11.1 Å². The number of Topliss-reactive ketones (excluding diaryl/α,β-unsaturated/α-hetero) is 1. The molecule has 216 valence electrons. The van der Waals surface area contributed by atoms with Gasteiger partial charge in [-0.05, 0) is 73.2 Å². The molecule has 0 radical (unpaired) electrons. The molecule has 0 aliphatic rings. The maximum atomic E-state index is 13.0. The Morgan fingerprint density at radius 2 is 1.36 bits per heavy atom. The predicted molar refractivity (Wildman–Crippen MR) is 165 cm³/mol. The van der Waals surface area contributed by atoms with Crippen LogP contribution in [0, 0.1) is 5.92 Å². The molecular formula is C36H37NO5. The summed E-state index contributed by atoms with van der Waals surface area (Å²) in [6.07, 6.45) is 0.689. The SMILES string of the molecule is CCN(CC)C(=O)c1cccc(CCC(CC(=O)c2ccc(-c3ccc(OCc4ccccc4)cc3)cc2)C(=O)O)c1. The summed E-state index contributed by atoms with van der Waals surface area (Å²) in [6.45, 7) is 5.62. The molecule has 0 aliphatic heterocycles. The van der Waals surface area contributed by atoms with E-state index in [1.807, 2.05) is 98.8 Å². The van der Waals surface area contributed by atoms with Gasteiger partial charge in [0, 0.05) is 30.6 Å². The summed E-state index contributed by atoms with van der Waals surface area (Å²) in [5, 5.41) is 9.82. The average Bonchev–Trinajstić information content (AvgIpc) is 3.03. The predicted octanol–water partition coefficient (Wildman–Crippen LogP) is 7.32. The van der Waals surface area contributed by atoms with Gasteiger partial charge in [0.1, 0.15) is 12.4 Å². The maximum absolute atomic E-state index is 13.0. The molecule has 6 heteroatoms. The minimum atomic E-state index is -0.995. The van der Waals surface area contributed by atoms with E-state index in [9.17, 15) is 19.5 Å². The fourth-order valence-corrected chi connectivity index (χ4v) is 4.88. The van der Waals surface area contributed by atoms with Gasteiger partial charge in [0.2, 0.25) is 0 Å². The van der Waals surface area contributed by atoms with E-state index in [1.54, 1.807) is 23.1 Å². The van der Waals surface area contributed by atoms with E-state index in [0.717, 1.165) is 28.0 Å². The van der Waals surface area contributed by atoms with Crippen LogP contribution >= 0.6 is 0 Å². The molecule has 42 heavy (non-hydrogen) atoms. The summed E-state index contributed by atoms with van der Waals surface area (Å²) in [7, 11) is 0. The summed E-state index contributed by atoms with van der Waals surface area (Å²) in [5.41, 5.74) is 5.01. The van der Waals surface area contributed by atoms with Gasteiger partial charge in [-0.25, -0.2) is 0 Å². The highest BCUT2D eigenvalue weighted by atomic mass is 16.5. The van der Waals surface area contributed by atoms with Gasteiger partial charge in [0.15, 0.2) is 5.78 Å². The smallest absolute Gasteiger partial charge is 0.306 e. The molecule has 0 saturated carbocycles. The molecule has 1 N–H and O–H groups in total. The van der Waals surface area contributed by atoms with Gasteiger partial charge >= 0.3 is 5.97 Å². The number of hydrogen-bond acceptors (Lipinski definition) is 4. The lowest BCUT2D eigenvalue weighted by molar-refractivity contribution is -0.141. The molecule has 0 heterocycles. The zero-order valence-electron chi connectivity index (χ0n) is 24.2. The first-order valence-electron chi connectivity index (χ1n) is 14.4. The highest BCUT2D eigenvalue weighted by molar-refractivity contribution is 5.98. The summed E-state index contributed by atoms with van der Waals surface area (Å²) >= 11 is 0. The van der Waals surface area contributed by atoms with E-state index >= 15 is 0 Å². The van der Waals surface area contributed by atoms with Crippen molar-refractivity contribution >= 4 is 17.7 Å². The number of rotatable bonds is 14. The number of ether oxygens (including phenoxy) is 1. The second-order valence-corrected chi connectivity index (χ2v) is 10.3. The molecule has 1 amide bonds. The van der Waals surface area contributed by atoms with Gasteiger partial charge in [0.25, 0.3) is 5.91 Å². The molecule has 4 aromatic carbocycles. The molecule has 0 bridgehead atoms. The van der Waals surface area contributed by atoms with Crippen molar-refractivity contribution in [2.45, 2.75) is 39.7 Å². The molecular weight excluding hydrogens is 526 g/mol. The average molecular weight is 564 g/mol. The first kappa shape index (κ1) is 30.3. The Bertz CT molecular complexity index is 1480. The molecule has 0 aromatic heterocycles. The largest absolute Gasteiger partial charge is 0.489 e. The van der Waals surface area contributed by atoms with E-state index in [1.165, 1.54) is 0 Å². The van der Waals surface area contributed by atoms with Gasteiger partial charge in [-0.15, -0.1) is 0 Å². The Labute approximate surface area is 247 Å². The fraction of sp³-hybridized carbons (Fsp3) is 0.250. The Morgan fingerprint density at radius 3 is 1.98 bits per heavy atom. The number of carbonyl (C=O) groups is 3. The lowest BCUT2D eigenvalue weighted by atomic mass is 9.91. The van der Waals surface area contributed by atoms with Crippen LogP contribution in [-0.2, 0) is 17.8 Å². The summed E-state index contributed by atoms with van der Waals surface area (Å²) < 4.78 is 5.86. The Balaban J connectivity index is 1.33. The van der Waals surface area contributed by atoms with Gasteiger partial charge in [-0.2, -0.15) is 0 Å². The molecule has 0 aliphatic carbocycles. The number of carbonyl (C=O) groups excluding carboxylic acids is 2. The minimum absolute atomic E-state index is 0.0393. The second-order valence-electron chi connectivity index (χ2n) is 10.3. The van der Waals surface area contributed by atoms with Crippen molar-refractivity contribution in [1.29, 1.82) is 0 Å². The molecule has 0 saturated heterocycles. The number of carboxylic acids is 1. The zero-order valence-corrected chi connectivity index (χ0v) is 24.2. The quantitative estimate of drug-likeness (QED) is 0.163. The first-order chi connectivity index (χ1) is 20.4. The third kappa shape index (κ3) is 8.16. The number of benzene rings is 4. The lowest BCUT2D eigenvalue weighted by Crippen LogP contribution is -2.30. The van der Waals surface area contributed by atoms with Crippen molar-refractivity contribution in [2.75, 3.05) is 13.1 Å². The van der Waals surface area contributed by atoms with Crippen LogP contribution < -0.4 is 4.74 Å². The van der Waals surface area contributed by atoms with Crippen molar-refractivity contribution in [3.05, 3.63) is 125 Å². The fourth-order valence-electron chi connectivity index (χ4n) is 4.88. The Morgan fingerprint density at radius 1 is 0.738 bits per heavy atom. The third-order valence-corrected chi connectivity index (χ3v) is 7.43. The summed E-state index contributed by atoms with van der Waals surface area (Å²) in [6, 6.07) is 32.3. The maximum Gasteiger partial charge on any atom is 0.306 e. The number of hydrogen-bond donors (Lipinski definition) is 1. The molecule has 4 aromatic rings. The molecule has 1 atom stereocenters. The zero-order chi connectivity index (χ0) is 29.9. The minimum Gasteiger partial charge on any atom is -0.489 e. The van der Waals surface area contributed by atoms with E-state index in [4.69, 9.17) is 4.74 Å². The van der Waals surface area contributed by atoms with Crippen LogP contribution in [0.1, 0.15) is 58.5 Å². The van der Waals surface area contributed by atoms with E-state index in [2.05, 4.69) is 0 Å². The molecule has 6 nitrogen and oxygen atoms in total. The first-order valence-corrected chi connectivity index (χ1v) is 14.4. The van der Waals surface area contributed by atoms with Gasteiger partial charge in [-0.1, -0.05) is 78.9 Å². The van der Waals surface area contributed by atoms with E-state index < -0.39 is 11.9 Å². The van der Waals surface area contributed by atoms with Gasteiger partial charge < -0.3 is 14.7 Å². The van der Waals surface area contributed by atoms with Crippen LogP contribution in [0.5, 0.6) is 5.75 Å². The number of amides is 1. The van der Waals surface area contributed by atoms with Crippen molar-refractivity contribution in [1.82, 2.24) is 4.90 Å². The highest BCUT2D eigenvalue weighted by Crippen LogP contribution is 2.25. The lowest BCUT2D eigenvalue weighted by Gasteiger charge is -2.19. The van der Waals surface area contributed by atoms with Crippen LogP contribution in [0.15, 0.2) is 103 Å². The molecule has 0 spiro atoms. The number of aliphatic carboxylic acids is 1. The van der Waals surface area contributed by atoms with Crippen LogP contribution in [0.2, 0.25) is 0 Å². The second kappa shape index (κ2) is 14.8. The van der Waals surface area contributed by atoms with E-state index in [-0.39, 0.29) is 18.1 Å². The number of aryl methyl sites for hydroxylation is 1. The summed E-state index contributed by atoms with van der Waals surface area (Å²) in [5.74, 6) is -1.28. The molecule has 4 rings (SSSR count). The van der Waals surface area contributed by atoms with Crippen molar-refractivity contribution in [3.8, 4) is 16.9 Å². The topological polar surface area (TPSA) is 83.9 Å². The van der Waals surface area contributed by atoms with Crippen molar-refractivity contribution < 1.29 is 24.2 Å². The number of carboxylic acid groups (broad SMARTS) is 1. The summed E-state index contributed by atoms with van der Waals surface area (Å²) in [4.78, 5) is 39.5. The van der Waals surface area contributed by atoms with E-state index in [0.29, 0.717) is 43.7 Å². The van der Waals surface area contributed by atoms with Gasteiger partial charge in [-0.3, -0.25) is 14.4 Å². The monoisotopic (exact) mass is 563 g/mol. The van der Waals surface area contributed by atoms with Crippen LogP contribution in [0.4, 0.5) is 0 Å². The standard InChI is InChI=1S/C36H37NO5/c1-3-37(4-2)35(39)31-12-8-11-26(23-31)13-14-32(36(40)41)24-34(38)30-17-15-28(16-18-30)29-19-21-33(22-20-29)42-25-27-9-6-5-7-10-27/h5-12,15-23,32H,3-4,13-14,24-25H2,1-2H3,(H,40,41). The van der Waals surface area contributed by atoms with Crippen LogP contribution in [0.3, 0.4) is 0 Å². The third-order valence-electron chi connectivity index (χ3n) is 7.43.